The van der Waals surface area contributed by atoms with Crippen LogP contribution < -0.4 is 5.73 Å². The van der Waals surface area contributed by atoms with Crippen molar-refractivity contribution in [3.05, 3.63) is 6.20 Å². The molecule has 0 fully saturated rings. The van der Waals surface area contributed by atoms with E-state index in [1.807, 2.05) is 0 Å². The van der Waals surface area contributed by atoms with Crippen LogP contribution in [-0.4, -0.2) is 18.7 Å². The van der Waals surface area contributed by atoms with Gasteiger partial charge in [-0.05, 0) is 13.8 Å². The Labute approximate surface area is 75.4 Å². The number of sulfone groups is 1. The molecule has 2 N–H and O–H groups in total. The predicted molar refractivity (Wildman–Crippen MR) is 48.8 cm³/mol. The minimum absolute atomic E-state index is 0.245. The first-order valence-electron chi connectivity index (χ1n) is 3.40. The molecule has 1 rings (SSSR count). The number of anilines is 1. The molecule has 0 saturated carbocycles. The molecule has 0 unspecified atom stereocenters. The van der Waals surface area contributed by atoms with Crippen molar-refractivity contribution in [3.8, 4) is 0 Å². The maximum absolute atomic E-state index is 11.5. The van der Waals surface area contributed by atoms with Crippen molar-refractivity contribution >= 4 is 26.3 Å². The van der Waals surface area contributed by atoms with Gasteiger partial charge in [-0.15, -0.1) is 0 Å². The third kappa shape index (κ3) is 1.59. The molecule has 0 aliphatic rings. The highest BCUT2D eigenvalue weighted by molar-refractivity contribution is 7.94. The first kappa shape index (κ1) is 9.47. The normalized spacial score (nSPS) is 12.2. The molecule has 0 aliphatic carbocycles. The quantitative estimate of drug-likeness (QED) is 0.780. The molecule has 1 aromatic heterocycles. The van der Waals surface area contributed by atoms with Gasteiger partial charge >= 0.3 is 0 Å². The fraction of sp³-hybridized carbons (Fsp3) is 0.500. The van der Waals surface area contributed by atoms with E-state index in [1.54, 1.807) is 13.8 Å². The molecule has 0 radical (unpaired) electrons. The molecular weight excluding hydrogens is 196 g/mol. The first-order chi connectivity index (χ1) is 5.44. The lowest BCUT2D eigenvalue weighted by atomic mass is 10.6. The van der Waals surface area contributed by atoms with Crippen molar-refractivity contribution in [2.75, 3.05) is 5.73 Å². The second-order valence-electron chi connectivity index (χ2n) is 2.61. The van der Waals surface area contributed by atoms with E-state index in [0.29, 0.717) is 0 Å². The Morgan fingerprint density at radius 2 is 2.17 bits per heavy atom. The Morgan fingerprint density at radius 1 is 1.58 bits per heavy atom. The molecule has 0 aliphatic heterocycles. The van der Waals surface area contributed by atoms with Gasteiger partial charge in [0.15, 0.2) is 15.0 Å². The van der Waals surface area contributed by atoms with E-state index in [0.717, 1.165) is 11.3 Å². The Kier molecular flexibility index (Phi) is 2.39. The van der Waals surface area contributed by atoms with Crippen LogP contribution in [0, 0.1) is 0 Å². The second-order valence-corrected chi connectivity index (χ2v) is 6.40. The number of nitrogen functional groups attached to an aromatic ring is 1. The van der Waals surface area contributed by atoms with Gasteiger partial charge in [-0.3, -0.25) is 0 Å². The molecule has 1 aromatic rings. The summed E-state index contributed by atoms with van der Waals surface area (Å²) in [7, 11) is -3.18. The Hall–Kier alpha value is -0.620. The number of nitrogens with zero attached hydrogens (tertiary/aromatic N) is 1. The average molecular weight is 206 g/mol. The monoisotopic (exact) mass is 206 g/mol. The molecule has 0 aromatic carbocycles. The van der Waals surface area contributed by atoms with E-state index in [9.17, 15) is 8.42 Å². The molecule has 6 heteroatoms. The van der Waals surface area contributed by atoms with Crippen molar-refractivity contribution in [2.45, 2.75) is 23.3 Å². The first-order valence-corrected chi connectivity index (χ1v) is 5.76. The van der Waals surface area contributed by atoms with Crippen LogP contribution in [0.3, 0.4) is 0 Å². The molecule has 0 amide bonds. The summed E-state index contributed by atoms with van der Waals surface area (Å²) in [5.74, 6) is 0. The number of hydrogen-bond donors (Lipinski definition) is 1. The third-order valence-electron chi connectivity index (χ3n) is 1.40. The zero-order valence-corrected chi connectivity index (χ0v) is 8.45. The highest BCUT2D eigenvalue weighted by Gasteiger charge is 2.21. The minimum Gasteiger partial charge on any atom is -0.375 e. The minimum atomic E-state index is -3.18. The van der Waals surface area contributed by atoms with Crippen molar-refractivity contribution in [1.82, 2.24) is 4.98 Å². The topological polar surface area (TPSA) is 73.0 Å². The lowest BCUT2D eigenvalue weighted by molar-refractivity contribution is 0.589. The number of aromatic nitrogens is 1. The molecule has 0 saturated heterocycles. The lowest BCUT2D eigenvalue weighted by Crippen LogP contribution is -2.12. The molecule has 0 atom stereocenters. The van der Waals surface area contributed by atoms with Crippen LogP contribution in [0.2, 0.25) is 0 Å². The van der Waals surface area contributed by atoms with Gasteiger partial charge in [0.1, 0.15) is 4.21 Å². The molecular formula is C6H10N2O2S2. The van der Waals surface area contributed by atoms with Crippen molar-refractivity contribution in [3.63, 3.8) is 0 Å². The maximum Gasteiger partial charge on any atom is 0.191 e. The number of thiazole rings is 1. The van der Waals surface area contributed by atoms with Crippen molar-refractivity contribution < 1.29 is 8.42 Å². The summed E-state index contributed by atoms with van der Waals surface area (Å²) in [5, 5.41) is -0.133. The van der Waals surface area contributed by atoms with Gasteiger partial charge in [0.05, 0.1) is 11.4 Å². The van der Waals surface area contributed by atoms with E-state index in [4.69, 9.17) is 5.73 Å². The predicted octanol–water partition coefficient (Wildman–Crippen LogP) is 0.907. The Morgan fingerprint density at radius 3 is 2.50 bits per heavy atom. The largest absolute Gasteiger partial charge is 0.375 e. The van der Waals surface area contributed by atoms with Crippen LogP contribution in [0.25, 0.3) is 0 Å². The van der Waals surface area contributed by atoms with Crippen LogP contribution in [0.1, 0.15) is 13.8 Å². The zero-order chi connectivity index (χ0) is 9.35. The van der Waals surface area contributed by atoms with Crippen molar-refractivity contribution in [2.24, 2.45) is 0 Å². The molecule has 0 spiro atoms. The van der Waals surface area contributed by atoms with Crippen LogP contribution in [0.15, 0.2) is 10.4 Å². The molecule has 4 nitrogen and oxygen atoms in total. The van der Waals surface area contributed by atoms with Crippen LogP contribution >= 0.6 is 11.3 Å². The number of hydrogen-bond acceptors (Lipinski definition) is 5. The summed E-state index contributed by atoms with van der Waals surface area (Å²) in [4.78, 5) is 3.68. The molecule has 68 valence electrons. The lowest BCUT2D eigenvalue weighted by Gasteiger charge is -2.02. The number of rotatable bonds is 2. The SMILES string of the molecule is CC(C)S(=O)(=O)c1cnc(N)s1. The summed E-state index contributed by atoms with van der Waals surface area (Å²) in [6.07, 6.45) is 1.30. The Bertz CT molecular complexity index is 367. The zero-order valence-electron chi connectivity index (χ0n) is 6.81. The number of nitrogens with two attached hydrogens (primary N) is 1. The van der Waals surface area contributed by atoms with Gasteiger partial charge in [-0.25, -0.2) is 13.4 Å². The molecule has 12 heavy (non-hydrogen) atoms. The van der Waals surface area contributed by atoms with Gasteiger partial charge in [-0.1, -0.05) is 11.3 Å². The Balaban J connectivity index is 3.15. The van der Waals surface area contributed by atoms with E-state index < -0.39 is 15.1 Å². The van der Waals surface area contributed by atoms with E-state index in [-0.39, 0.29) is 9.34 Å². The second kappa shape index (κ2) is 3.02. The smallest absolute Gasteiger partial charge is 0.191 e. The standard InChI is InChI=1S/C6H10N2O2S2/c1-4(2)12(9,10)5-3-8-6(7)11-5/h3-4H,1-2H3,(H2,7,8). The van der Waals surface area contributed by atoms with Crippen LogP contribution in [-0.2, 0) is 9.84 Å². The van der Waals surface area contributed by atoms with Gasteiger partial charge in [-0.2, -0.15) is 0 Å². The van der Waals surface area contributed by atoms with E-state index in [1.165, 1.54) is 6.20 Å². The molecule has 1 heterocycles. The summed E-state index contributed by atoms with van der Waals surface area (Å²) < 4.78 is 23.2. The van der Waals surface area contributed by atoms with E-state index >= 15 is 0 Å². The molecule has 0 bridgehead atoms. The van der Waals surface area contributed by atoms with Crippen molar-refractivity contribution in [1.29, 1.82) is 0 Å². The van der Waals surface area contributed by atoms with Gasteiger partial charge < -0.3 is 5.73 Å². The fourth-order valence-corrected chi connectivity index (χ4v) is 3.02. The maximum atomic E-state index is 11.5. The fourth-order valence-electron chi connectivity index (χ4n) is 0.636. The third-order valence-corrected chi connectivity index (χ3v) is 4.88. The van der Waals surface area contributed by atoms with Gasteiger partial charge in [0.25, 0.3) is 0 Å². The summed E-state index contributed by atoms with van der Waals surface area (Å²) in [5.41, 5.74) is 5.32. The summed E-state index contributed by atoms with van der Waals surface area (Å²) >= 11 is 1.00. The van der Waals surface area contributed by atoms with Crippen LogP contribution in [0.5, 0.6) is 0 Å². The van der Waals surface area contributed by atoms with Crippen LogP contribution in [0.4, 0.5) is 5.13 Å². The highest BCUT2D eigenvalue weighted by atomic mass is 32.2. The van der Waals surface area contributed by atoms with Gasteiger partial charge in [0, 0.05) is 0 Å². The van der Waals surface area contributed by atoms with Gasteiger partial charge in [0.2, 0.25) is 0 Å². The average Bonchev–Trinajstić information content (AvgIpc) is 2.35. The highest BCUT2D eigenvalue weighted by Crippen LogP contribution is 2.23. The summed E-state index contributed by atoms with van der Waals surface area (Å²) in [6, 6.07) is 0. The van der Waals surface area contributed by atoms with E-state index in [2.05, 4.69) is 4.98 Å². The summed E-state index contributed by atoms with van der Waals surface area (Å²) in [6.45, 7) is 3.26.